The van der Waals surface area contributed by atoms with E-state index in [0.717, 1.165) is 0 Å². The van der Waals surface area contributed by atoms with Crippen LogP contribution in [0.3, 0.4) is 0 Å². The Morgan fingerprint density at radius 3 is 2.80 bits per heavy atom. The van der Waals surface area contributed by atoms with Gasteiger partial charge in [-0.15, -0.1) is 0 Å². The summed E-state index contributed by atoms with van der Waals surface area (Å²) in [7, 11) is 0. The molecule has 0 saturated carbocycles. The first-order chi connectivity index (χ1) is 7.19. The molecule has 1 heterocycles. The molecule has 0 spiro atoms. The number of ether oxygens (including phenoxy) is 1. The molecule has 0 aliphatic heterocycles. The number of carbonyl (C=O) groups excluding carboxylic acids is 2. The van der Waals surface area contributed by atoms with Crippen molar-refractivity contribution in [2.75, 3.05) is 0 Å². The lowest BCUT2D eigenvalue weighted by Crippen LogP contribution is -2.08. The largest absolute Gasteiger partial charge is 0.478 e. The zero-order valence-electron chi connectivity index (χ0n) is 7.49. The zero-order chi connectivity index (χ0) is 11.3. The van der Waals surface area contributed by atoms with Gasteiger partial charge in [-0.1, -0.05) is 0 Å². The summed E-state index contributed by atoms with van der Waals surface area (Å²) in [6.07, 6.45) is 0.424. The van der Waals surface area contributed by atoms with E-state index in [4.69, 9.17) is 5.11 Å². The van der Waals surface area contributed by atoms with Gasteiger partial charge in [-0.25, -0.2) is 4.79 Å². The Labute approximate surface area is 84.5 Å². The van der Waals surface area contributed by atoms with Crippen LogP contribution in [0.5, 0.6) is 0 Å². The molecule has 0 amide bonds. The number of aldehydes is 1. The van der Waals surface area contributed by atoms with Crippen molar-refractivity contribution in [1.29, 1.82) is 0 Å². The Bertz CT molecular complexity index is 390. The van der Waals surface area contributed by atoms with Crippen molar-refractivity contribution in [2.24, 2.45) is 0 Å². The number of rotatable bonds is 5. The molecule has 6 nitrogen and oxygen atoms in total. The minimum Gasteiger partial charge on any atom is -0.478 e. The number of hydrogen-bond donors (Lipinski definition) is 1. The number of pyridine rings is 1. The number of hydrogen-bond acceptors (Lipinski definition) is 5. The maximum absolute atomic E-state index is 10.6. The monoisotopic (exact) mass is 209 g/mol. The normalized spacial score (nSPS) is 11.5. The summed E-state index contributed by atoms with van der Waals surface area (Å²) < 4.78 is 4.41. The molecule has 0 aliphatic carbocycles. The van der Waals surface area contributed by atoms with Gasteiger partial charge >= 0.3 is 5.97 Å². The lowest BCUT2D eigenvalue weighted by atomic mass is 10.2. The number of aromatic nitrogens is 1. The molecule has 1 unspecified atom stereocenters. The Morgan fingerprint density at radius 2 is 2.27 bits per heavy atom. The third-order valence-electron chi connectivity index (χ3n) is 1.65. The lowest BCUT2D eigenvalue weighted by molar-refractivity contribution is -0.139. The van der Waals surface area contributed by atoms with Gasteiger partial charge in [0.05, 0.1) is 11.3 Å². The minimum atomic E-state index is -1.17. The smallest absolute Gasteiger partial charge is 0.335 e. The molecule has 1 atom stereocenters. The van der Waals surface area contributed by atoms with Gasteiger partial charge < -0.3 is 9.84 Å². The number of carbonyl (C=O) groups is 3. The maximum Gasteiger partial charge on any atom is 0.335 e. The fourth-order valence-electron chi connectivity index (χ4n) is 0.968. The molecule has 0 aromatic carbocycles. The first-order valence-corrected chi connectivity index (χ1v) is 3.92. The molecule has 1 rings (SSSR count). The van der Waals surface area contributed by atoms with Crippen molar-refractivity contribution in [3.8, 4) is 0 Å². The van der Waals surface area contributed by atoms with Gasteiger partial charge in [0.2, 0.25) is 0 Å². The second-order valence-corrected chi connectivity index (χ2v) is 2.56. The van der Waals surface area contributed by atoms with Crippen molar-refractivity contribution in [1.82, 2.24) is 4.98 Å². The number of nitrogens with zero attached hydrogens (tertiary/aromatic N) is 1. The molecule has 15 heavy (non-hydrogen) atoms. The van der Waals surface area contributed by atoms with Crippen molar-refractivity contribution < 1.29 is 24.2 Å². The van der Waals surface area contributed by atoms with Crippen LogP contribution in [-0.2, 0) is 14.3 Å². The topological polar surface area (TPSA) is 93.6 Å². The van der Waals surface area contributed by atoms with Crippen molar-refractivity contribution in [3.63, 3.8) is 0 Å². The van der Waals surface area contributed by atoms with Gasteiger partial charge in [-0.2, -0.15) is 0 Å². The third kappa shape index (κ3) is 2.60. The summed E-state index contributed by atoms with van der Waals surface area (Å²) in [5.41, 5.74) is 0.0540. The number of carboxylic acid groups (broad SMARTS) is 1. The minimum absolute atomic E-state index is 0.0265. The molecular formula is C9H7NO5. The summed E-state index contributed by atoms with van der Waals surface area (Å²) in [6, 6.07) is 2.44. The highest BCUT2D eigenvalue weighted by atomic mass is 16.5. The van der Waals surface area contributed by atoms with E-state index in [-0.39, 0.29) is 17.7 Å². The molecule has 6 heteroatoms. The summed E-state index contributed by atoms with van der Waals surface area (Å²) in [5, 5.41) is 8.67. The maximum atomic E-state index is 10.6. The fourth-order valence-corrected chi connectivity index (χ4v) is 0.968. The van der Waals surface area contributed by atoms with Crippen LogP contribution in [0.15, 0.2) is 18.3 Å². The Kier molecular flexibility index (Phi) is 3.50. The van der Waals surface area contributed by atoms with Crippen LogP contribution in [0.25, 0.3) is 0 Å². The van der Waals surface area contributed by atoms with E-state index in [0.29, 0.717) is 6.29 Å². The third-order valence-corrected chi connectivity index (χ3v) is 1.65. The van der Waals surface area contributed by atoms with Crippen molar-refractivity contribution >= 4 is 18.7 Å². The summed E-state index contributed by atoms with van der Waals surface area (Å²) in [5.74, 6) is -1.14. The zero-order valence-corrected chi connectivity index (χ0v) is 7.49. The predicted octanol–water partition coefficient (Wildman–Crippen LogP) is 0.193. The molecule has 78 valence electrons. The van der Waals surface area contributed by atoms with Crippen LogP contribution in [0.1, 0.15) is 22.2 Å². The van der Waals surface area contributed by atoms with Crippen LogP contribution in [-0.4, -0.2) is 28.8 Å². The molecule has 1 N–H and O–H groups in total. The van der Waals surface area contributed by atoms with E-state index >= 15 is 0 Å². The van der Waals surface area contributed by atoms with E-state index in [2.05, 4.69) is 9.72 Å². The lowest BCUT2D eigenvalue weighted by Gasteiger charge is -2.07. The molecule has 0 bridgehead atoms. The quantitative estimate of drug-likeness (QED) is 0.696. The van der Waals surface area contributed by atoms with E-state index in [9.17, 15) is 14.4 Å². The van der Waals surface area contributed by atoms with Gasteiger partial charge in [0.15, 0.2) is 12.4 Å². The average Bonchev–Trinajstić information content (AvgIpc) is 2.26. The first-order valence-electron chi connectivity index (χ1n) is 3.92. The molecule has 1 aromatic heterocycles. The van der Waals surface area contributed by atoms with E-state index in [1.54, 1.807) is 0 Å². The number of carboxylic acids is 1. The Balaban J connectivity index is 3.02. The van der Waals surface area contributed by atoms with Gasteiger partial charge in [-0.3, -0.25) is 14.6 Å². The molecule has 0 radical (unpaired) electrons. The average molecular weight is 209 g/mol. The highest BCUT2D eigenvalue weighted by Gasteiger charge is 2.14. The summed E-state index contributed by atoms with van der Waals surface area (Å²) in [4.78, 5) is 34.9. The second-order valence-electron chi connectivity index (χ2n) is 2.56. The molecule has 0 saturated heterocycles. The van der Waals surface area contributed by atoms with Gasteiger partial charge in [-0.05, 0) is 12.1 Å². The Hall–Kier alpha value is -2.24. The fraction of sp³-hybridized carbons (Fsp3) is 0.111. The van der Waals surface area contributed by atoms with E-state index in [1.165, 1.54) is 18.3 Å². The van der Waals surface area contributed by atoms with Gasteiger partial charge in [0.25, 0.3) is 6.47 Å². The summed E-state index contributed by atoms with van der Waals surface area (Å²) >= 11 is 0. The van der Waals surface area contributed by atoms with Crippen LogP contribution in [0.4, 0.5) is 0 Å². The molecular weight excluding hydrogens is 202 g/mol. The highest BCUT2D eigenvalue weighted by molar-refractivity contribution is 5.87. The van der Waals surface area contributed by atoms with Crippen molar-refractivity contribution in [2.45, 2.75) is 6.10 Å². The van der Waals surface area contributed by atoms with Crippen LogP contribution < -0.4 is 0 Å². The van der Waals surface area contributed by atoms with Crippen LogP contribution in [0, 0.1) is 0 Å². The first kappa shape index (κ1) is 10.8. The van der Waals surface area contributed by atoms with Gasteiger partial charge in [0, 0.05) is 6.20 Å². The van der Waals surface area contributed by atoms with E-state index < -0.39 is 12.1 Å². The van der Waals surface area contributed by atoms with E-state index in [1.807, 2.05) is 0 Å². The SMILES string of the molecule is O=COC(C=O)c1cc(C(=O)O)ccn1. The molecule has 0 aliphatic rings. The Morgan fingerprint density at radius 1 is 1.53 bits per heavy atom. The summed E-state index contributed by atoms with van der Waals surface area (Å²) in [6.45, 7) is 0.105. The molecule has 0 fully saturated rings. The molecule has 1 aromatic rings. The highest BCUT2D eigenvalue weighted by Crippen LogP contribution is 2.12. The standard InChI is InChI=1S/C9H7NO5/c11-4-8(15-5-12)7-3-6(9(13)14)1-2-10-7/h1-5,8H,(H,13,14). The second kappa shape index (κ2) is 4.85. The predicted molar refractivity (Wildman–Crippen MR) is 47.2 cm³/mol. The van der Waals surface area contributed by atoms with Gasteiger partial charge in [0.1, 0.15) is 0 Å². The van der Waals surface area contributed by atoms with Crippen molar-refractivity contribution in [3.05, 3.63) is 29.6 Å². The van der Waals surface area contributed by atoms with Crippen LogP contribution in [0.2, 0.25) is 0 Å². The van der Waals surface area contributed by atoms with Crippen LogP contribution >= 0.6 is 0 Å². The number of aromatic carboxylic acids is 1.